The zero-order valence-corrected chi connectivity index (χ0v) is 14.6. The van der Waals surface area contributed by atoms with Gasteiger partial charge >= 0.3 is 0 Å². The van der Waals surface area contributed by atoms with Crippen LogP contribution in [-0.2, 0) is 4.84 Å². The van der Waals surface area contributed by atoms with Crippen LogP contribution in [0.25, 0.3) is 0 Å². The molecule has 9 heteroatoms. The van der Waals surface area contributed by atoms with Gasteiger partial charge in [0.2, 0.25) is 0 Å². The van der Waals surface area contributed by atoms with Gasteiger partial charge in [-0.25, -0.2) is 0 Å². The molecule has 0 spiro atoms. The lowest BCUT2D eigenvalue weighted by molar-refractivity contribution is 0.0363. The minimum atomic E-state index is -0.190. The maximum Gasteiger partial charge on any atom is 0.261 e. The number of nitrogens with zero attached hydrogens (tertiary/aromatic N) is 1. The molecule has 3 heterocycles. The van der Waals surface area contributed by atoms with E-state index in [2.05, 4.69) is 10.8 Å². The molecule has 1 unspecified atom stereocenters. The van der Waals surface area contributed by atoms with Gasteiger partial charge < -0.3 is 16.0 Å². The van der Waals surface area contributed by atoms with E-state index < -0.39 is 0 Å². The number of amides is 1. The highest BCUT2D eigenvalue weighted by Crippen LogP contribution is 2.26. The molecule has 1 aromatic rings. The predicted octanol–water partition coefficient (Wildman–Crippen LogP) is 1.52. The largest absolute Gasteiger partial charge is 0.370 e. The Morgan fingerprint density at radius 3 is 2.88 bits per heavy atom. The number of hydrogen-bond acceptors (Lipinski definition) is 5. The lowest BCUT2D eigenvalue weighted by atomic mass is 9.93. The molecule has 2 aliphatic heterocycles. The molecule has 1 saturated heterocycles. The van der Waals surface area contributed by atoms with Crippen molar-refractivity contribution in [2.45, 2.75) is 18.9 Å². The number of guanidine groups is 1. The highest BCUT2D eigenvalue weighted by molar-refractivity contribution is 7.17. The average molecular weight is 370 g/mol. The van der Waals surface area contributed by atoms with Crippen LogP contribution in [0.3, 0.4) is 0 Å². The molecule has 1 aromatic heterocycles. The molecule has 2 aliphatic rings. The molecule has 130 valence electrons. The zero-order chi connectivity index (χ0) is 17.1. The third kappa shape index (κ3) is 4.00. The number of halogens is 1. The number of hydroxylamine groups is 1. The van der Waals surface area contributed by atoms with Crippen molar-refractivity contribution in [1.29, 1.82) is 5.41 Å². The normalized spacial score (nSPS) is 21.3. The maximum atomic E-state index is 12.0. The monoisotopic (exact) mass is 369 g/mol. The van der Waals surface area contributed by atoms with Crippen LogP contribution in [0.15, 0.2) is 23.9 Å². The fraction of sp³-hybridized carbons (Fsp3) is 0.467. The summed E-state index contributed by atoms with van der Waals surface area (Å²) in [5.74, 6) is 0.358. The summed E-state index contributed by atoms with van der Waals surface area (Å²) in [7, 11) is 0. The molecular formula is C15H20ClN5O2S. The Balaban J connectivity index is 1.47. The summed E-state index contributed by atoms with van der Waals surface area (Å²) in [6, 6.07) is 3.42. The van der Waals surface area contributed by atoms with E-state index >= 15 is 0 Å². The van der Waals surface area contributed by atoms with E-state index in [1.807, 2.05) is 11.0 Å². The zero-order valence-electron chi connectivity index (χ0n) is 13.0. The molecule has 0 bridgehead atoms. The minimum absolute atomic E-state index is 0.132. The van der Waals surface area contributed by atoms with Crippen LogP contribution < -0.4 is 16.5 Å². The van der Waals surface area contributed by atoms with Gasteiger partial charge in [-0.1, -0.05) is 11.6 Å². The van der Waals surface area contributed by atoms with Crippen LogP contribution in [0.2, 0.25) is 4.34 Å². The Bertz CT molecular complexity index is 654. The van der Waals surface area contributed by atoms with E-state index in [1.165, 1.54) is 11.3 Å². The maximum absolute atomic E-state index is 12.0. The summed E-state index contributed by atoms with van der Waals surface area (Å²) < 4.78 is 0.595. The highest BCUT2D eigenvalue weighted by Gasteiger charge is 2.27. The molecule has 24 heavy (non-hydrogen) atoms. The van der Waals surface area contributed by atoms with E-state index in [-0.39, 0.29) is 18.0 Å². The molecule has 3 rings (SSSR count). The second kappa shape index (κ2) is 7.42. The highest BCUT2D eigenvalue weighted by atomic mass is 35.5. The first kappa shape index (κ1) is 17.1. The van der Waals surface area contributed by atoms with Crippen molar-refractivity contribution in [3.8, 4) is 0 Å². The van der Waals surface area contributed by atoms with Gasteiger partial charge in [0, 0.05) is 24.7 Å². The van der Waals surface area contributed by atoms with E-state index in [4.69, 9.17) is 27.6 Å². The van der Waals surface area contributed by atoms with Crippen LogP contribution in [0, 0.1) is 11.3 Å². The SMILES string of the molecule is N=C(N)N1CCC(C2=CC(CNC(=O)c3ccc(Cl)s3)ON2)CC1. The minimum Gasteiger partial charge on any atom is -0.370 e. The van der Waals surface area contributed by atoms with Gasteiger partial charge in [0.1, 0.15) is 6.10 Å². The van der Waals surface area contributed by atoms with Crippen LogP contribution in [0.5, 0.6) is 0 Å². The van der Waals surface area contributed by atoms with Gasteiger partial charge in [-0.3, -0.25) is 20.5 Å². The summed E-state index contributed by atoms with van der Waals surface area (Å²) in [6.45, 7) is 1.95. The van der Waals surface area contributed by atoms with Crippen molar-refractivity contribution in [3.05, 3.63) is 33.1 Å². The van der Waals surface area contributed by atoms with E-state index in [0.717, 1.165) is 31.6 Å². The smallest absolute Gasteiger partial charge is 0.261 e. The first-order valence-corrected chi connectivity index (χ1v) is 8.98. The number of nitrogens with two attached hydrogens (primary N) is 1. The van der Waals surface area contributed by atoms with Crippen molar-refractivity contribution in [2.24, 2.45) is 11.7 Å². The summed E-state index contributed by atoms with van der Waals surface area (Å²) in [6.07, 6.45) is 3.68. The van der Waals surface area contributed by atoms with Gasteiger partial charge in [0.15, 0.2) is 5.96 Å². The molecule has 1 amide bonds. The number of carbonyl (C=O) groups excluding carboxylic acids is 1. The lowest BCUT2D eigenvalue weighted by Gasteiger charge is -2.32. The number of rotatable bonds is 4. The third-order valence-electron chi connectivity index (χ3n) is 4.23. The number of piperidine rings is 1. The first-order chi connectivity index (χ1) is 11.5. The van der Waals surface area contributed by atoms with Crippen molar-refractivity contribution < 1.29 is 9.63 Å². The molecule has 0 aromatic carbocycles. The first-order valence-electron chi connectivity index (χ1n) is 7.79. The Labute approximate surface area is 149 Å². The number of allylic oxidation sites excluding steroid dienone is 1. The molecule has 0 saturated carbocycles. The molecule has 7 nitrogen and oxygen atoms in total. The fourth-order valence-corrected chi connectivity index (χ4v) is 3.84. The van der Waals surface area contributed by atoms with Gasteiger partial charge in [0.25, 0.3) is 5.91 Å². The number of thiophene rings is 1. The van der Waals surface area contributed by atoms with Gasteiger partial charge in [0.05, 0.1) is 15.8 Å². The summed E-state index contributed by atoms with van der Waals surface area (Å²) in [5.41, 5.74) is 9.54. The second-order valence-electron chi connectivity index (χ2n) is 5.84. The quantitative estimate of drug-likeness (QED) is 0.476. The summed E-state index contributed by atoms with van der Waals surface area (Å²) in [4.78, 5) is 20.0. The van der Waals surface area contributed by atoms with Gasteiger partial charge in [-0.05, 0) is 31.1 Å². The molecule has 1 fully saturated rings. The number of hydrogen-bond donors (Lipinski definition) is 4. The van der Waals surface area contributed by atoms with Gasteiger partial charge in [-0.15, -0.1) is 11.3 Å². The van der Waals surface area contributed by atoms with Crippen LogP contribution in [-0.4, -0.2) is 42.5 Å². The van der Waals surface area contributed by atoms with Crippen molar-refractivity contribution in [1.82, 2.24) is 15.7 Å². The van der Waals surface area contributed by atoms with Crippen molar-refractivity contribution in [3.63, 3.8) is 0 Å². The number of carbonyl (C=O) groups is 1. The third-order valence-corrected chi connectivity index (χ3v) is 5.46. The van der Waals surface area contributed by atoms with Crippen molar-refractivity contribution >= 4 is 34.8 Å². The fourth-order valence-electron chi connectivity index (χ4n) is 2.88. The number of nitrogens with one attached hydrogen (secondary N) is 3. The Morgan fingerprint density at radius 2 is 2.25 bits per heavy atom. The van der Waals surface area contributed by atoms with Gasteiger partial charge in [-0.2, -0.15) is 0 Å². The Morgan fingerprint density at radius 1 is 1.50 bits per heavy atom. The van der Waals surface area contributed by atoms with E-state index in [1.54, 1.807) is 12.1 Å². The molecule has 0 aliphatic carbocycles. The van der Waals surface area contributed by atoms with Crippen LogP contribution in [0.1, 0.15) is 22.5 Å². The molecule has 0 radical (unpaired) electrons. The molecular weight excluding hydrogens is 350 g/mol. The topological polar surface area (TPSA) is 103 Å². The lowest BCUT2D eigenvalue weighted by Crippen LogP contribution is -2.43. The average Bonchev–Trinajstić information content (AvgIpc) is 3.22. The summed E-state index contributed by atoms with van der Waals surface area (Å²) in [5, 5.41) is 10.3. The molecule has 5 N–H and O–H groups in total. The predicted molar refractivity (Wildman–Crippen MR) is 94.0 cm³/mol. The second-order valence-corrected chi connectivity index (χ2v) is 7.56. The standard InChI is InChI=1S/C15H20ClN5O2S/c16-13-2-1-12(24-13)14(22)19-8-10-7-11(20-23-10)9-3-5-21(6-4-9)15(17)18/h1-2,7,9-10,20H,3-6,8H2,(H3,17,18)(H,19,22). The van der Waals surface area contributed by atoms with E-state index in [9.17, 15) is 4.79 Å². The Kier molecular flexibility index (Phi) is 5.27. The van der Waals surface area contributed by atoms with E-state index in [0.29, 0.717) is 21.7 Å². The Hall–Kier alpha value is -1.77. The molecule has 1 atom stereocenters. The van der Waals surface area contributed by atoms with Crippen LogP contribution in [0.4, 0.5) is 0 Å². The summed E-state index contributed by atoms with van der Waals surface area (Å²) >= 11 is 7.09. The van der Waals surface area contributed by atoms with Crippen molar-refractivity contribution in [2.75, 3.05) is 19.6 Å². The van der Waals surface area contributed by atoms with Crippen LogP contribution >= 0.6 is 22.9 Å². The number of likely N-dealkylation sites (tertiary alicyclic amines) is 1.